The Labute approximate surface area is 120 Å². The van der Waals surface area contributed by atoms with E-state index < -0.39 is 12.0 Å². The average molecular weight is 296 g/mol. The largest absolute Gasteiger partial charge is 0.378 e. The van der Waals surface area contributed by atoms with Crippen LogP contribution >= 0.6 is 23.2 Å². The van der Waals surface area contributed by atoms with Gasteiger partial charge in [0.1, 0.15) is 0 Å². The zero-order valence-electron chi connectivity index (χ0n) is 9.81. The van der Waals surface area contributed by atoms with Crippen molar-refractivity contribution in [1.29, 1.82) is 0 Å². The normalized spacial score (nSPS) is 12.2. The molecule has 3 N–H and O–H groups in total. The SMILES string of the molecule is NC(=O)C(O)c1ccccc1-c1cc(Cl)cc(Cl)c1. The third kappa shape index (κ3) is 3.07. The van der Waals surface area contributed by atoms with Gasteiger partial charge in [0, 0.05) is 10.0 Å². The van der Waals surface area contributed by atoms with E-state index in [1.807, 2.05) is 0 Å². The minimum Gasteiger partial charge on any atom is -0.378 e. The first-order chi connectivity index (χ1) is 8.99. The molecule has 19 heavy (non-hydrogen) atoms. The number of aliphatic hydroxyl groups is 1. The molecule has 0 saturated heterocycles. The van der Waals surface area contributed by atoms with Crippen molar-refractivity contribution in [2.24, 2.45) is 5.73 Å². The predicted molar refractivity (Wildman–Crippen MR) is 76.1 cm³/mol. The van der Waals surface area contributed by atoms with Crippen molar-refractivity contribution < 1.29 is 9.90 Å². The number of nitrogens with two attached hydrogens (primary N) is 1. The number of halogens is 2. The van der Waals surface area contributed by atoms with Gasteiger partial charge in [-0.1, -0.05) is 47.5 Å². The predicted octanol–water partition coefficient (Wildman–Crippen LogP) is 3.18. The van der Waals surface area contributed by atoms with Gasteiger partial charge in [0.2, 0.25) is 0 Å². The topological polar surface area (TPSA) is 63.3 Å². The van der Waals surface area contributed by atoms with Crippen molar-refractivity contribution >= 4 is 29.1 Å². The van der Waals surface area contributed by atoms with E-state index in [0.717, 1.165) is 0 Å². The summed E-state index contributed by atoms with van der Waals surface area (Å²) in [4.78, 5) is 11.1. The van der Waals surface area contributed by atoms with E-state index in [1.54, 1.807) is 42.5 Å². The van der Waals surface area contributed by atoms with E-state index in [-0.39, 0.29) is 0 Å². The van der Waals surface area contributed by atoms with Gasteiger partial charge in [0.25, 0.3) is 5.91 Å². The molecule has 0 aliphatic rings. The van der Waals surface area contributed by atoms with Gasteiger partial charge in [-0.3, -0.25) is 4.79 Å². The van der Waals surface area contributed by atoms with Crippen LogP contribution in [0, 0.1) is 0 Å². The van der Waals surface area contributed by atoms with Gasteiger partial charge in [0.15, 0.2) is 6.10 Å². The molecule has 2 aromatic carbocycles. The van der Waals surface area contributed by atoms with Gasteiger partial charge in [-0.2, -0.15) is 0 Å². The third-order valence-corrected chi connectivity index (χ3v) is 3.13. The van der Waals surface area contributed by atoms with Crippen molar-refractivity contribution in [3.05, 3.63) is 58.1 Å². The number of amides is 1. The minimum absolute atomic E-state index is 0.424. The van der Waals surface area contributed by atoms with E-state index >= 15 is 0 Å². The van der Waals surface area contributed by atoms with E-state index in [9.17, 15) is 9.90 Å². The van der Waals surface area contributed by atoms with E-state index in [4.69, 9.17) is 28.9 Å². The van der Waals surface area contributed by atoms with Gasteiger partial charge in [-0.25, -0.2) is 0 Å². The third-order valence-electron chi connectivity index (χ3n) is 2.70. The first-order valence-corrected chi connectivity index (χ1v) is 6.27. The molecular weight excluding hydrogens is 285 g/mol. The zero-order valence-corrected chi connectivity index (χ0v) is 11.3. The summed E-state index contributed by atoms with van der Waals surface area (Å²) in [6.45, 7) is 0. The summed E-state index contributed by atoms with van der Waals surface area (Å²) in [5.74, 6) is -0.805. The molecule has 1 atom stereocenters. The molecule has 0 radical (unpaired) electrons. The first kappa shape index (κ1) is 13.9. The molecule has 0 fully saturated rings. The minimum atomic E-state index is -1.37. The number of hydrogen-bond donors (Lipinski definition) is 2. The number of carbonyl (C=O) groups excluding carboxylic acids is 1. The summed E-state index contributed by atoms with van der Waals surface area (Å²) in [7, 11) is 0. The molecule has 1 amide bonds. The molecule has 0 saturated carbocycles. The Morgan fingerprint density at radius 1 is 1.11 bits per heavy atom. The molecule has 0 aromatic heterocycles. The summed E-state index contributed by atoms with van der Waals surface area (Å²) in [5, 5.41) is 10.8. The first-order valence-electron chi connectivity index (χ1n) is 5.52. The number of benzene rings is 2. The van der Waals surface area contributed by atoms with Crippen LogP contribution in [-0.2, 0) is 4.79 Å². The number of hydrogen-bond acceptors (Lipinski definition) is 2. The number of rotatable bonds is 3. The van der Waals surface area contributed by atoms with Crippen LogP contribution in [0.5, 0.6) is 0 Å². The van der Waals surface area contributed by atoms with Crippen molar-refractivity contribution in [3.63, 3.8) is 0 Å². The van der Waals surface area contributed by atoms with Gasteiger partial charge in [-0.15, -0.1) is 0 Å². The smallest absolute Gasteiger partial charge is 0.250 e. The Bertz CT molecular complexity index is 608. The average Bonchev–Trinajstić information content (AvgIpc) is 2.36. The molecular formula is C14H11Cl2NO2. The maximum atomic E-state index is 11.1. The Morgan fingerprint density at radius 3 is 2.26 bits per heavy atom. The highest BCUT2D eigenvalue weighted by Gasteiger charge is 2.18. The monoisotopic (exact) mass is 295 g/mol. The quantitative estimate of drug-likeness (QED) is 0.913. The number of primary amides is 1. The van der Waals surface area contributed by atoms with Crippen LogP contribution in [0.1, 0.15) is 11.7 Å². The van der Waals surface area contributed by atoms with Crippen LogP contribution in [0.2, 0.25) is 10.0 Å². The van der Waals surface area contributed by atoms with Gasteiger partial charge < -0.3 is 10.8 Å². The molecule has 98 valence electrons. The van der Waals surface area contributed by atoms with Crippen molar-refractivity contribution in [3.8, 4) is 11.1 Å². The van der Waals surface area contributed by atoms with Crippen molar-refractivity contribution in [2.45, 2.75) is 6.10 Å². The lowest BCUT2D eigenvalue weighted by atomic mass is 9.96. The molecule has 2 rings (SSSR count). The fourth-order valence-electron chi connectivity index (χ4n) is 1.86. The second kappa shape index (κ2) is 5.61. The number of aliphatic hydroxyl groups excluding tert-OH is 1. The molecule has 1 unspecified atom stereocenters. The van der Waals surface area contributed by atoms with Crippen LogP contribution in [0.3, 0.4) is 0 Å². The highest BCUT2D eigenvalue weighted by atomic mass is 35.5. The summed E-state index contributed by atoms with van der Waals surface area (Å²) in [5.41, 5.74) is 6.94. The molecule has 0 spiro atoms. The standard InChI is InChI=1S/C14H11Cl2NO2/c15-9-5-8(6-10(16)7-9)11-3-1-2-4-12(11)13(18)14(17)19/h1-7,13,18H,(H2,17,19). The van der Waals surface area contributed by atoms with Crippen LogP contribution in [0.25, 0.3) is 11.1 Å². The summed E-state index contributed by atoms with van der Waals surface area (Å²) >= 11 is 11.9. The Kier molecular flexibility index (Phi) is 4.10. The van der Waals surface area contributed by atoms with Gasteiger partial charge >= 0.3 is 0 Å². The van der Waals surface area contributed by atoms with Crippen LogP contribution < -0.4 is 5.73 Å². The molecule has 3 nitrogen and oxygen atoms in total. The highest BCUT2D eigenvalue weighted by Crippen LogP contribution is 2.32. The Balaban J connectivity index is 2.59. The van der Waals surface area contributed by atoms with Crippen molar-refractivity contribution in [1.82, 2.24) is 0 Å². The zero-order chi connectivity index (χ0) is 14.0. The lowest BCUT2D eigenvalue weighted by Crippen LogP contribution is -2.21. The summed E-state index contributed by atoms with van der Waals surface area (Å²) in [6, 6.07) is 11.9. The molecule has 0 aliphatic heterocycles. The van der Waals surface area contributed by atoms with Gasteiger partial charge in [-0.05, 0) is 34.9 Å². The fraction of sp³-hybridized carbons (Fsp3) is 0.0714. The second-order valence-corrected chi connectivity index (χ2v) is 4.92. The lowest BCUT2D eigenvalue weighted by molar-refractivity contribution is -0.126. The molecule has 0 heterocycles. The van der Waals surface area contributed by atoms with Crippen LogP contribution in [0.4, 0.5) is 0 Å². The molecule has 0 bridgehead atoms. The van der Waals surface area contributed by atoms with Crippen LogP contribution in [-0.4, -0.2) is 11.0 Å². The molecule has 2 aromatic rings. The second-order valence-electron chi connectivity index (χ2n) is 4.05. The molecule has 0 aliphatic carbocycles. The Morgan fingerprint density at radius 2 is 1.68 bits per heavy atom. The van der Waals surface area contributed by atoms with E-state index in [1.165, 1.54) is 0 Å². The fourth-order valence-corrected chi connectivity index (χ4v) is 2.39. The van der Waals surface area contributed by atoms with Gasteiger partial charge in [0.05, 0.1) is 0 Å². The lowest BCUT2D eigenvalue weighted by Gasteiger charge is -2.13. The maximum absolute atomic E-state index is 11.1. The molecule has 5 heteroatoms. The van der Waals surface area contributed by atoms with Crippen LogP contribution in [0.15, 0.2) is 42.5 Å². The van der Waals surface area contributed by atoms with Crippen molar-refractivity contribution in [2.75, 3.05) is 0 Å². The highest BCUT2D eigenvalue weighted by molar-refractivity contribution is 6.35. The summed E-state index contributed by atoms with van der Waals surface area (Å²) < 4.78 is 0. The maximum Gasteiger partial charge on any atom is 0.250 e. The Hall–Kier alpha value is -1.55. The van der Waals surface area contributed by atoms with E-state index in [0.29, 0.717) is 26.7 Å². The van der Waals surface area contributed by atoms with E-state index in [2.05, 4.69) is 0 Å². The number of carbonyl (C=O) groups is 1. The summed E-state index contributed by atoms with van der Waals surface area (Å²) in [6.07, 6.45) is -1.37.